The van der Waals surface area contributed by atoms with Crippen LogP contribution in [0.25, 0.3) is 0 Å². The van der Waals surface area contributed by atoms with Crippen LogP contribution in [0.1, 0.15) is 45.4 Å². The second kappa shape index (κ2) is 8.73. The van der Waals surface area contributed by atoms with Crippen molar-refractivity contribution in [2.24, 2.45) is 11.8 Å². The average Bonchev–Trinajstić information content (AvgIpc) is 2.91. The Balaban J connectivity index is 1.63. The van der Waals surface area contributed by atoms with Gasteiger partial charge >= 0.3 is 6.03 Å². The quantitative estimate of drug-likeness (QED) is 0.788. The highest BCUT2D eigenvalue weighted by Crippen LogP contribution is 2.26. The SMILES string of the molecule is CCCN1CCC(CNC(=O)N(C)CC2CCCC2O)CC1. The van der Waals surface area contributed by atoms with Crippen molar-refractivity contribution in [1.82, 2.24) is 15.1 Å². The molecule has 0 bridgehead atoms. The fourth-order valence-electron chi connectivity index (χ4n) is 3.76. The van der Waals surface area contributed by atoms with E-state index >= 15 is 0 Å². The summed E-state index contributed by atoms with van der Waals surface area (Å²) < 4.78 is 0. The van der Waals surface area contributed by atoms with E-state index in [1.54, 1.807) is 4.90 Å². The lowest BCUT2D eigenvalue weighted by Crippen LogP contribution is -2.44. The van der Waals surface area contributed by atoms with Crippen LogP contribution in [0.4, 0.5) is 4.79 Å². The van der Waals surface area contributed by atoms with Crippen molar-refractivity contribution >= 4 is 6.03 Å². The number of urea groups is 1. The molecule has 5 heteroatoms. The number of nitrogens with one attached hydrogen (secondary N) is 1. The molecule has 2 rings (SSSR count). The zero-order valence-electron chi connectivity index (χ0n) is 14.3. The van der Waals surface area contributed by atoms with Gasteiger partial charge in [0, 0.05) is 26.1 Å². The maximum atomic E-state index is 12.2. The van der Waals surface area contributed by atoms with Crippen LogP contribution in [0.15, 0.2) is 0 Å². The molecule has 2 N–H and O–H groups in total. The summed E-state index contributed by atoms with van der Waals surface area (Å²) in [5.74, 6) is 0.871. The lowest BCUT2D eigenvalue weighted by atomic mass is 9.97. The Morgan fingerprint density at radius 3 is 2.59 bits per heavy atom. The molecule has 2 unspecified atom stereocenters. The number of carbonyl (C=O) groups excluding carboxylic acids is 1. The zero-order chi connectivity index (χ0) is 15.9. The molecule has 2 aliphatic rings. The Bertz CT molecular complexity index is 343. The first-order valence-electron chi connectivity index (χ1n) is 8.99. The van der Waals surface area contributed by atoms with Crippen molar-refractivity contribution in [2.75, 3.05) is 39.8 Å². The summed E-state index contributed by atoms with van der Waals surface area (Å²) in [7, 11) is 1.84. The van der Waals surface area contributed by atoms with Gasteiger partial charge in [-0.3, -0.25) is 0 Å². The van der Waals surface area contributed by atoms with Crippen LogP contribution >= 0.6 is 0 Å². The molecule has 1 saturated heterocycles. The molecule has 5 nitrogen and oxygen atoms in total. The molecule has 2 amide bonds. The predicted octanol–water partition coefficient (Wildman–Crippen LogP) is 1.91. The maximum absolute atomic E-state index is 12.2. The van der Waals surface area contributed by atoms with Crippen molar-refractivity contribution in [1.29, 1.82) is 0 Å². The Labute approximate surface area is 135 Å². The average molecular weight is 311 g/mol. The highest BCUT2D eigenvalue weighted by molar-refractivity contribution is 5.73. The van der Waals surface area contributed by atoms with Gasteiger partial charge in [0.1, 0.15) is 0 Å². The Hall–Kier alpha value is -0.810. The Morgan fingerprint density at radius 2 is 2.00 bits per heavy atom. The van der Waals surface area contributed by atoms with E-state index in [-0.39, 0.29) is 18.1 Å². The third-order valence-corrected chi connectivity index (χ3v) is 5.26. The van der Waals surface area contributed by atoms with E-state index in [2.05, 4.69) is 17.1 Å². The number of amides is 2. The molecule has 128 valence electrons. The lowest BCUT2D eigenvalue weighted by Gasteiger charge is -2.32. The maximum Gasteiger partial charge on any atom is 0.317 e. The molecule has 1 aliphatic heterocycles. The third kappa shape index (κ3) is 5.13. The molecular formula is C17H33N3O2. The molecule has 1 saturated carbocycles. The first kappa shape index (κ1) is 17.5. The Kier molecular flexibility index (Phi) is 6.96. The van der Waals surface area contributed by atoms with Gasteiger partial charge in [-0.25, -0.2) is 4.79 Å². The molecule has 0 aromatic heterocycles. The second-order valence-corrected chi connectivity index (χ2v) is 7.11. The second-order valence-electron chi connectivity index (χ2n) is 7.11. The van der Waals surface area contributed by atoms with E-state index < -0.39 is 0 Å². The van der Waals surface area contributed by atoms with Crippen LogP contribution in [0.5, 0.6) is 0 Å². The zero-order valence-corrected chi connectivity index (χ0v) is 14.3. The van der Waals surface area contributed by atoms with Crippen LogP contribution in [0, 0.1) is 11.8 Å². The van der Waals surface area contributed by atoms with Crippen LogP contribution in [-0.2, 0) is 0 Å². The van der Waals surface area contributed by atoms with Crippen LogP contribution in [0.3, 0.4) is 0 Å². The number of carbonyl (C=O) groups is 1. The molecule has 2 atom stereocenters. The van der Waals surface area contributed by atoms with Crippen molar-refractivity contribution in [2.45, 2.75) is 51.6 Å². The van der Waals surface area contributed by atoms with Crippen LogP contribution in [0.2, 0.25) is 0 Å². The van der Waals surface area contributed by atoms with Gasteiger partial charge in [0.25, 0.3) is 0 Å². The van der Waals surface area contributed by atoms with Crippen LogP contribution in [-0.4, -0.2) is 66.8 Å². The topological polar surface area (TPSA) is 55.8 Å². The summed E-state index contributed by atoms with van der Waals surface area (Å²) in [5.41, 5.74) is 0. The van der Waals surface area contributed by atoms with E-state index in [1.165, 1.54) is 38.9 Å². The number of hydrogen-bond acceptors (Lipinski definition) is 3. The van der Waals surface area contributed by atoms with E-state index in [4.69, 9.17) is 0 Å². The normalized spacial score (nSPS) is 27.0. The van der Waals surface area contributed by atoms with Gasteiger partial charge in [-0.1, -0.05) is 13.3 Å². The van der Waals surface area contributed by atoms with E-state index in [0.29, 0.717) is 12.5 Å². The van der Waals surface area contributed by atoms with E-state index in [9.17, 15) is 9.90 Å². The molecule has 0 aromatic rings. The minimum Gasteiger partial charge on any atom is -0.393 e. The van der Waals surface area contributed by atoms with Gasteiger partial charge in [0.15, 0.2) is 0 Å². The van der Waals surface area contributed by atoms with Crippen molar-refractivity contribution in [3.8, 4) is 0 Å². The number of piperidine rings is 1. The first-order valence-corrected chi connectivity index (χ1v) is 8.99. The van der Waals surface area contributed by atoms with E-state index in [0.717, 1.165) is 25.8 Å². The van der Waals surface area contributed by atoms with Gasteiger partial charge in [-0.05, 0) is 57.7 Å². The molecule has 0 radical (unpaired) electrons. The van der Waals surface area contributed by atoms with Gasteiger partial charge in [-0.15, -0.1) is 0 Å². The van der Waals surface area contributed by atoms with Gasteiger partial charge in [0.05, 0.1) is 6.10 Å². The fourth-order valence-corrected chi connectivity index (χ4v) is 3.76. The number of likely N-dealkylation sites (tertiary alicyclic amines) is 1. The lowest BCUT2D eigenvalue weighted by molar-refractivity contribution is 0.113. The summed E-state index contributed by atoms with van der Waals surface area (Å²) in [5, 5.41) is 12.9. The molecule has 0 spiro atoms. The summed E-state index contributed by atoms with van der Waals surface area (Å²) in [4.78, 5) is 16.4. The van der Waals surface area contributed by atoms with Gasteiger partial charge in [0.2, 0.25) is 0 Å². The third-order valence-electron chi connectivity index (χ3n) is 5.26. The minimum atomic E-state index is -0.224. The van der Waals surface area contributed by atoms with Crippen LogP contribution < -0.4 is 5.32 Å². The number of rotatable bonds is 6. The first-order chi connectivity index (χ1) is 10.6. The minimum absolute atomic E-state index is 0.00934. The molecular weight excluding hydrogens is 278 g/mol. The smallest absolute Gasteiger partial charge is 0.317 e. The summed E-state index contributed by atoms with van der Waals surface area (Å²) in [6.45, 7) is 7.21. The molecule has 0 aromatic carbocycles. The van der Waals surface area contributed by atoms with Crippen molar-refractivity contribution < 1.29 is 9.90 Å². The predicted molar refractivity (Wildman–Crippen MR) is 88.8 cm³/mol. The summed E-state index contributed by atoms with van der Waals surface area (Å²) in [6.07, 6.45) is 6.37. The van der Waals surface area contributed by atoms with E-state index in [1.807, 2.05) is 7.05 Å². The number of nitrogens with zero attached hydrogens (tertiary/aromatic N) is 2. The standard InChI is InChI=1S/C17H33N3O2/c1-3-9-20-10-7-14(8-11-20)12-18-17(22)19(2)13-15-5-4-6-16(15)21/h14-16,21H,3-13H2,1-2H3,(H,18,22). The fraction of sp³-hybridized carbons (Fsp3) is 0.941. The largest absolute Gasteiger partial charge is 0.393 e. The Morgan fingerprint density at radius 1 is 1.27 bits per heavy atom. The monoisotopic (exact) mass is 311 g/mol. The number of aliphatic hydroxyl groups is 1. The number of hydrogen-bond donors (Lipinski definition) is 2. The van der Waals surface area contributed by atoms with Crippen molar-refractivity contribution in [3.63, 3.8) is 0 Å². The summed E-state index contributed by atoms with van der Waals surface area (Å²) in [6, 6.07) is 0.00934. The summed E-state index contributed by atoms with van der Waals surface area (Å²) >= 11 is 0. The van der Waals surface area contributed by atoms with Crippen molar-refractivity contribution in [3.05, 3.63) is 0 Å². The molecule has 1 heterocycles. The molecule has 1 aliphatic carbocycles. The molecule has 2 fully saturated rings. The van der Waals surface area contributed by atoms with Gasteiger partial charge < -0.3 is 20.2 Å². The number of aliphatic hydroxyl groups excluding tert-OH is 1. The highest BCUT2D eigenvalue weighted by Gasteiger charge is 2.27. The highest BCUT2D eigenvalue weighted by atomic mass is 16.3. The molecule has 22 heavy (non-hydrogen) atoms. The van der Waals surface area contributed by atoms with Gasteiger partial charge in [-0.2, -0.15) is 0 Å².